The van der Waals surface area contributed by atoms with Crippen molar-refractivity contribution in [2.45, 2.75) is 39.7 Å². The van der Waals surface area contributed by atoms with Gasteiger partial charge in [0.15, 0.2) is 5.82 Å². The predicted octanol–water partition coefficient (Wildman–Crippen LogP) is 2.70. The lowest BCUT2D eigenvalue weighted by molar-refractivity contribution is -0.385. The molecule has 0 saturated carbocycles. The highest BCUT2D eigenvalue weighted by atomic mass is 16.6. The van der Waals surface area contributed by atoms with Gasteiger partial charge in [0, 0.05) is 13.2 Å². The second kappa shape index (κ2) is 7.35. The second-order valence-electron chi connectivity index (χ2n) is 5.58. The lowest BCUT2D eigenvalue weighted by Crippen LogP contribution is -2.14. The smallest absolute Gasteiger partial charge is 0.372 e. The molecule has 0 aromatic carbocycles. The van der Waals surface area contributed by atoms with E-state index in [1.807, 2.05) is 20.8 Å². The van der Waals surface area contributed by atoms with Gasteiger partial charge in [-0.2, -0.15) is 4.98 Å². The van der Waals surface area contributed by atoms with Crippen molar-refractivity contribution < 1.29 is 14.4 Å². The van der Waals surface area contributed by atoms with E-state index >= 15 is 0 Å². The number of nitro groups is 1. The molecule has 1 unspecified atom stereocenters. The van der Waals surface area contributed by atoms with Gasteiger partial charge < -0.3 is 14.8 Å². The van der Waals surface area contributed by atoms with Gasteiger partial charge in [0.05, 0.1) is 11.5 Å². The largest absolute Gasteiger partial charge is 0.472 e. The molecule has 0 bridgehead atoms. The van der Waals surface area contributed by atoms with Crippen LogP contribution in [-0.2, 0) is 4.74 Å². The van der Waals surface area contributed by atoms with Crippen LogP contribution in [-0.4, -0.2) is 34.6 Å². The molecule has 1 aromatic rings. The van der Waals surface area contributed by atoms with Gasteiger partial charge in [0.2, 0.25) is 5.82 Å². The van der Waals surface area contributed by atoms with Crippen LogP contribution in [0.1, 0.15) is 45.5 Å². The summed E-state index contributed by atoms with van der Waals surface area (Å²) in [6, 6.07) is 0. The van der Waals surface area contributed by atoms with Crippen LogP contribution >= 0.6 is 0 Å². The molecule has 1 N–H and O–H groups in total. The lowest BCUT2D eigenvalue weighted by Gasteiger charge is -2.14. The van der Waals surface area contributed by atoms with E-state index in [2.05, 4.69) is 15.3 Å². The van der Waals surface area contributed by atoms with Gasteiger partial charge in [-0.3, -0.25) is 10.1 Å². The maximum Gasteiger partial charge on any atom is 0.372 e. The number of aromatic nitrogens is 2. The Labute approximate surface area is 129 Å². The molecule has 1 aliphatic rings. The SMILES string of the molecule is CCNc1nc(C2CCCO2)nc(OCC(C)C)c1[N+](=O)[O-]. The molecule has 8 nitrogen and oxygen atoms in total. The quantitative estimate of drug-likeness (QED) is 0.610. The monoisotopic (exact) mass is 310 g/mol. The Bertz CT molecular complexity index is 530. The van der Waals surface area contributed by atoms with Gasteiger partial charge in [0.25, 0.3) is 5.88 Å². The number of hydrogen-bond donors (Lipinski definition) is 1. The maximum atomic E-state index is 11.4. The molecule has 1 saturated heterocycles. The summed E-state index contributed by atoms with van der Waals surface area (Å²) in [5.74, 6) is 0.878. The normalized spacial score (nSPS) is 17.7. The van der Waals surface area contributed by atoms with E-state index in [1.54, 1.807) is 0 Å². The van der Waals surface area contributed by atoms with E-state index in [-0.39, 0.29) is 29.4 Å². The fourth-order valence-corrected chi connectivity index (χ4v) is 2.18. The number of nitrogens with zero attached hydrogens (tertiary/aromatic N) is 3. The Morgan fingerprint density at radius 3 is 2.82 bits per heavy atom. The summed E-state index contributed by atoms with van der Waals surface area (Å²) in [5.41, 5.74) is -0.218. The predicted molar refractivity (Wildman–Crippen MR) is 81.1 cm³/mol. The summed E-state index contributed by atoms with van der Waals surface area (Å²) in [4.78, 5) is 19.4. The third-order valence-electron chi connectivity index (χ3n) is 3.17. The maximum absolute atomic E-state index is 11.4. The average Bonchev–Trinajstić information content (AvgIpc) is 2.98. The van der Waals surface area contributed by atoms with Crippen molar-refractivity contribution in [1.82, 2.24) is 9.97 Å². The van der Waals surface area contributed by atoms with Crippen molar-refractivity contribution in [1.29, 1.82) is 0 Å². The minimum atomic E-state index is -0.507. The zero-order valence-corrected chi connectivity index (χ0v) is 13.2. The molecule has 0 amide bonds. The number of rotatable bonds is 7. The Morgan fingerprint density at radius 2 is 2.27 bits per heavy atom. The summed E-state index contributed by atoms with van der Waals surface area (Å²) in [6.07, 6.45) is 1.52. The zero-order chi connectivity index (χ0) is 16.1. The van der Waals surface area contributed by atoms with Crippen molar-refractivity contribution in [3.05, 3.63) is 15.9 Å². The van der Waals surface area contributed by atoms with Crippen LogP contribution in [0.5, 0.6) is 5.88 Å². The first-order valence-electron chi connectivity index (χ1n) is 7.57. The van der Waals surface area contributed by atoms with Crippen LogP contribution in [0.15, 0.2) is 0 Å². The van der Waals surface area contributed by atoms with Crippen molar-refractivity contribution in [2.75, 3.05) is 25.1 Å². The second-order valence-corrected chi connectivity index (χ2v) is 5.58. The van der Waals surface area contributed by atoms with Crippen LogP contribution < -0.4 is 10.1 Å². The molecule has 0 spiro atoms. The summed E-state index contributed by atoms with van der Waals surface area (Å²) in [6.45, 7) is 7.33. The van der Waals surface area contributed by atoms with Crippen molar-refractivity contribution in [2.24, 2.45) is 5.92 Å². The third-order valence-corrected chi connectivity index (χ3v) is 3.17. The number of hydrogen-bond acceptors (Lipinski definition) is 7. The molecule has 1 aliphatic heterocycles. The molecule has 2 rings (SSSR count). The topological polar surface area (TPSA) is 99.4 Å². The molecule has 1 aromatic heterocycles. The zero-order valence-electron chi connectivity index (χ0n) is 13.2. The van der Waals surface area contributed by atoms with Crippen LogP contribution in [0.4, 0.5) is 11.5 Å². The van der Waals surface area contributed by atoms with E-state index < -0.39 is 4.92 Å². The highest BCUT2D eigenvalue weighted by Gasteiger charge is 2.30. The van der Waals surface area contributed by atoms with Crippen LogP contribution in [0.2, 0.25) is 0 Å². The van der Waals surface area contributed by atoms with Gasteiger partial charge in [0.1, 0.15) is 6.10 Å². The summed E-state index contributed by atoms with van der Waals surface area (Å²) in [5, 5.41) is 14.3. The molecule has 1 fully saturated rings. The van der Waals surface area contributed by atoms with Gasteiger partial charge in [-0.05, 0) is 25.7 Å². The van der Waals surface area contributed by atoms with Gasteiger partial charge in [-0.1, -0.05) is 13.8 Å². The van der Waals surface area contributed by atoms with E-state index in [4.69, 9.17) is 9.47 Å². The van der Waals surface area contributed by atoms with Crippen molar-refractivity contribution >= 4 is 11.5 Å². The fraction of sp³-hybridized carbons (Fsp3) is 0.714. The van der Waals surface area contributed by atoms with Crippen molar-refractivity contribution in [3.63, 3.8) is 0 Å². The molecule has 0 radical (unpaired) electrons. The fourth-order valence-electron chi connectivity index (χ4n) is 2.18. The van der Waals surface area contributed by atoms with E-state index in [0.717, 1.165) is 12.8 Å². The molecule has 1 atom stereocenters. The first kappa shape index (κ1) is 16.4. The number of anilines is 1. The third kappa shape index (κ3) is 3.82. The Kier molecular flexibility index (Phi) is 5.48. The molecule has 122 valence electrons. The minimum Gasteiger partial charge on any atom is -0.472 e. The Morgan fingerprint density at radius 1 is 1.50 bits per heavy atom. The molecule has 22 heavy (non-hydrogen) atoms. The van der Waals surface area contributed by atoms with Crippen LogP contribution in [0.25, 0.3) is 0 Å². The molecule has 0 aliphatic carbocycles. The number of ether oxygens (including phenoxy) is 2. The average molecular weight is 310 g/mol. The number of nitrogens with one attached hydrogen (secondary N) is 1. The van der Waals surface area contributed by atoms with Crippen LogP contribution in [0.3, 0.4) is 0 Å². The van der Waals surface area contributed by atoms with Gasteiger partial charge in [-0.25, -0.2) is 4.98 Å². The molecule has 8 heteroatoms. The molecule has 2 heterocycles. The standard InChI is InChI=1S/C14H22N4O4/c1-4-15-13-11(18(19)20)14(22-8-9(2)3)17-12(16-13)10-6-5-7-21-10/h9-10H,4-8H2,1-3H3,(H,15,16,17). The van der Waals surface area contributed by atoms with E-state index in [9.17, 15) is 10.1 Å². The minimum absolute atomic E-state index is 0.00940. The molecular formula is C14H22N4O4. The lowest BCUT2D eigenvalue weighted by atomic mass is 10.2. The summed E-state index contributed by atoms with van der Waals surface area (Å²) < 4.78 is 11.1. The van der Waals surface area contributed by atoms with E-state index in [0.29, 0.717) is 25.6 Å². The first-order valence-corrected chi connectivity index (χ1v) is 7.57. The Balaban J connectivity index is 2.42. The highest BCUT2D eigenvalue weighted by Crippen LogP contribution is 2.36. The van der Waals surface area contributed by atoms with Gasteiger partial charge >= 0.3 is 5.69 Å². The summed E-state index contributed by atoms with van der Waals surface area (Å²) in [7, 11) is 0. The Hall–Kier alpha value is -1.96. The molecular weight excluding hydrogens is 288 g/mol. The van der Waals surface area contributed by atoms with Gasteiger partial charge in [-0.15, -0.1) is 0 Å². The van der Waals surface area contributed by atoms with E-state index in [1.165, 1.54) is 0 Å². The first-order chi connectivity index (χ1) is 10.5. The summed E-state index contributed by atoms with van der Waals surface area (Å²) >= 11 is 0. The van der Waals surface area contributed by atoms with Crippen LogP contribution in [0, 0.1) is 16.0 Å². The van der Waals surface area contributed by atoms with Crippen molar-refractivity contribution in [3.8, 4) is 5.88 Å². The highest BCUT2D eigenvalue weighted by molar-refractivity contribution is 5.61.